The van der Waals surface area contributed by atoms with Crippen molar-refractivity contribution in [1.82, 2.24) is 0 Å². The second-order valence-electron chi connectivity index (χ2n) is 20.7. The molecule has 7 aromatic carbocycles. The summed E-state index contributed by atoms with van der Waals surface area (Å²) in [5.41, 5.74) is 18.8. The van der Waals surface area contributed by atoms with Gasteiger partial charge in [-0.1, -0.05) is 180 Å². The van der Waals surface area contributed by atoms with Gasteiger partial charge in [0.2, 0.25) is 0 Å². The molecule has 1 N–H and O–H groups in total. The molecule has 0 aliphatic heterocycles. The van der Waals surface area contributed by atoms with Gasteiger partial charge in [-0.25, -0.2) is 0 Å². The molecular formula is C58H62O. The van der Waals surface area contributed by atoms with Crippen molar-refractivity contribution in [3.63, 3.8) is 0 Å². The molecule has 0 aliphatic rings. The Bertz CT molecular complexity index is 2240. The average molecular weight is 775 g/mol. The van der Waals surface area contributed by atoms with Crippen LogP contribution in [0.15, 0.2) is 152 Å². The number of phenolic OH excluding ortho intramolecular Hbond substituents is 1. The Hall–Kier alpha value is -5.66. The molecule has 0 radical (unpaired) electrons. The minimum atomic E-state index is 0.0707. The lowest BCUT2D eigenvalue weighted by molar-refractivity contribution is 0.476. The largest absolute Gasteiger partial charge is 0.508 e. The molecule has 0 aliphatic carbocycles. The van der Waals surface area contributed by atoms with Crippen molar-refractivity contribution in [2.45, 2.75) is 105 Å². The van der Waals surface area contributed by atoms with Gasteiger partial charge >= 0.3 is 0 Å². The molecule has 1 nitrogen and oxygen atoms in total. The van der Waals surface area contributed by atoms with E-state index in [1.54, 1.807) is 0 Å². The smallest absolute Gasteiger partial charge is 0.116 e. The van der Waals surface area contributed by atoms with Crippen LogP contribution in [-0.4, -0.2) is 5.11 Å². The van der Waals surface area contributed by atoms with E-state index in [0.717, 1.165) is 44.5 Å². The molecule has 0 heterocycles. The maximum absolute atomic E-state index is 11.5. The molecule has 0 unspecified atom stereocenters. The third-order valence-electron chi connectivity index (χ3n) is 11.8. The lowest BCUT2D eigenvalue weighted by Crippen LogP contribution is -2.10. The van der Waals surface area contributed by atoms with Crippen LogP contribution < -0.4 is 0 Å². The van der Waals surface area contributed by atoms with Gasteiger partial charge in [-0.2, -0.15) is 0 Å². The molecule has 0 fully saturated rings. The first-order valence-electron chi connectivity index (χ1n) is 21.2. The van der Waals surface area contributed by atoms with Gasteiger partial charge in [0.15, 0.2) is 0 Å². The third kappa shape index (κ3) is 9.47. The summed E-state index contributed by atoms with van der Waals surface area (Å²) in [4.78, 5) is 0. The first-order valence-corrected chi connectivity index (χ1v) is 21.2. The topological polar surface area (TPSA) is 20.2 Å². The fourth-order valence-corrected chi connectivity index (χ4v) is 7.85. The van der Waals surface area contributed by atoms with Gasteiger partial charge in [0, 0.05) is 0 Å². The molecule has 0 atom stereocenters. The van der Waals surface area contributed by atoms with E-state index in [2.05, 4.69) is 223 Å². The van der Waals surface area contributed by atoms with Crippen LogP contribution in [0.3, 0.4) is 0 Å². The summed E-state index contributed by atoms with van der Waals surface area (Å²) in [6.07, 6.45) is 0. The van der Waals surface area contributed by atoms with Crippen LogP contribution in [0.4, 0.5) is 0 Å². The predicted molar refractivity (Wildman–Crippen MR) is 256 cm³/mol. The predicted octanol–water partition coefficient (Wildman–Crippen LogP) is 16.6. The fourth-order valence-electron chi connectivity index (χ4n) is 7.85. The molecular weight excluding hydrogens is 713 g/mol. The highest BCUT2D eigenvalue weighted by molar-refractivity contribution is 5.86. The normalized spacial score (nSPS) is 12.5. The standard InChI is InChI=1S/C58H62O/c1-55(2,3)50-21-13-38(14-22-50)42-29-43(39-15-23-51(24-16-39)56(4,5)6)32-46(31-42)48-35-49(37-54(59)36-48)47-33-44(40-17-25-52(26-18-40)57(7,8)9)30-45(34-47)41-19-27-53(28-20-41)58(10,11)12/h13-37,59H,1-12H3. The van der Waals surface area contributed by atoms with Gasteiger partial charge in [0.1, 0.15) is 5.75 Å². The first kappa shape index (κ1) is 41.5. The van der Waals surface area contributed by atoms with Crippen molar-refractivity contribution in [3.8, 4) is 72.5 Å². The number of aromatic hydroxyl groups is 1. The first-order chi connectivity index (χ1) is 27.6. The molecule has 0 saturated carbocycles. The number of hydrogen-bond acceptors (Lipinski definition) is 1. The van der Waals surface area contributed by atoms with Crippen molar-refractivity contribution in [2.24, 2.45) is 0 Å². The lowest BCUT2D eigenvalue weighted by atomic mass is 9.84. The summed E-state index contributed by atoms with van der Waals surface area (Å²) in [5, 5.41) is 11.5. The van der Waals surface area contributed by atoms with Crippen LogP contribution in [-0.2, 0) is 21.7 Å². The maximum atomic E-state index is 11.5. The van der Waals surface area contributed by atoms with Gasteiger partial charge in [-0.3, -0.25) is 0 Å². The number of phenols is 1. The Morgan fingerprint density at radius 3 is 0.542 bits per heavy atom. The highest BCUT2D eigenvalue weighted by Crippen LogP contribution is 2.40. The molecule has 300 valence electrons. The highest BCUT2D eigenvalue weighted by Gasteiger charge is 2.19. The molecule has 0 spiro atoms. The highest BCUT2D eigenvalue weighted by atomic mass is 16.3. The zero-order chi connectivity index (χ0) is 42.5. The maximum Gasteiger partial charge on any atom is 0.116 e. The van der Waals surface area contributed by atoms with Crippen molar-refractivity contribution >= 4 is 0 Å². The van der Waals surface area contributed by atoms with E-state index in [1.807, 2.05) is 12.1 Å². The van der Waals surface area contributed by atoms with E-state index in [-0.39, 0.29) is 27.4 Å². The molecule has 0 aromatic heterocycles. The van der Waals surface area contributed by atoms with E-state index in [4.69, 9.17) is 0 Å². The summed E-state index contributed by atoms with van der Waals surface area (Å²) in [6.45, 7) is 27.1. The van der Waals surface area contributed by atoms with Crippen LogP contribution in [0.25, 0.3) is 66.8 Å². The minimum Gasteiger partial charge on any atom is -0.508 e. The molecule has 1 heteroatoms. The van der Waals surface area contributed by atoms with Crippen molar-refractivity contribution in [3.05, 3.63) is 174 Å². The van der Waals surface area contributed by atoms with Crippen LogP contribution in [0.5, 0.6) is 5.75 Å². The quantitative estimate of drug-likeness (QED) is 0.178. The third-order valence-corrected chi connectivity index (χ3v) is 11.8. The summed E-state index contributed by atoms with van der Waals surface area (Å²) < 4.78 is 0. The van der Waals surface area contributed by atoms with E-state index in [0.29, 0.717) is 0 Å². The molecule has 0 bridgehead atoms. The van der Waals surface area contributed by atoms with Crippen molar-refractivity contribution in [2.75, 3.05) is 0 Å². The Morgan fingerprint density at radius 2 is 0.373 bits per heavy atom. The second kappa shape index (κ2) is 15.5. The van der Waals surface area contributed by atoms with E-state index >= 15 is 0 Å². The van der Waals surface area contributed by atoms with Gasteiger partial charge in [-0.05, 0) is 165 Å². The Kier molecular flexibility index (Phi) is 10.9. The average Bonchev–Trinajstić information content (AvgIpc) is 3.19. The zero-order valence-corrected chi connectivity index (χ0v) is 37.4. The van der Waals surface area contributed by atoms with Crippen LogP contribution >= 0.6 is 0 Å². The summed E-state index contributed by atoms with van der Waals surface area (Å²) in [7, 11) is 0. The molecule has 0 saturated heterocycles. The van der Waals surface area contributed by atoms with Gasteiger partial charge in [-0.15, -0.1) is 0 Å². The second-order valence-corrected chi connectivity index (χ2v) is 20.7. The fraction of sp³-hybridized carbons (Fsp3) is 0.276. The Balaban J connectivity index is 1.38. The van der Waals surface area contributed by atoms with Gasteiger partial charge in [0.25, 0.3) is 0 Å². The van der Waals surface area contributed by atoms with Crippen molar-refractivity contribution < 1.29 is 5.11 Å². The monoisotopic (exact) mass is 774 g/mol. The Morgan fingerprint density at radius 1 is 0.220 bits per heavy atom. The lowest BCUT2D eigenvalue weighted by Gasteiger charge is -2.20. The zero-order valence-electron chi connectivity index (χ0n) is 37.4. The van der Waals surface area contributed by atoms with Crippen LogP contribution in [0.2, 0.25) is 0 Å². The van der Waals surface area contributed by atoms with Crippen molar-refractivity contribution in [1.29, 1.82) is 0 Å². The van der Waals surface area contributed by atoms with Gasteiger partial charge < -0.3 is 5.11 Å². The molecule has 0 amide bonds. The molecule has 59 heavy (non-hydrogen) atoms. The Labute approximate surface area is 354 Å². The summed E-state index contributed by atoms with van der Waals surface area (Å²) in [5.74, 6) is 0.240. The number of hydrogen-bond donors (Lipinski definition) is 1. The van der Waals surface area contributed by atoms with Crippen LogP contribution in [0.1, 0.15) is 105 Å². The van der Waals surface area contributed by atoms with Crippen LogP contribution in [0, 0.1) is 0 Å². The van der Waals surface area contributed by atoms with E-state index in [1.165, 1.54) is 44.5 Å². The SMILES string of the molecule is CC(C)(C)c1ccc(-c2cc(-c3ccc(C(C)(C)C)cc3)cc(-c3cc(O)cc(-c4cc(-c5ccc(C(C)(C)C)cc5)cc(-c5ccc(C(C)(C)C)cc5)c4)c3)c2)cc1. The number of benzene rings is 7. The summed E-state index contributed by atoms with van der Waals surface area (Å²) >= 11 is 0. The summed E-state index contributed by atoms with van der Waals surface area (Å²) in [6, 6.07) is 55.7. The molecule has 7 aromatic rings. The molecule has 7 rings (SSSR count). The van der Waals surface area contributed by atoms with E-state index in [9.17, 15) is 5.11 Å². The van der Waals surface area contributed by atoms with E-state index < -0.39 is 0 Å². The minimum absolute atomic E-state index is 0.0707. The number of rotatable bonds is 6. The van der Waals surface area contributed by atoms with Gasteiger partial charge in [0.05, 0.1) is 0 Å².